The number of hydrogen-bond acceptors (Lipinski definition) is 7. The zero-order valence-electron chi connectivity index (χ0n) is 16.6. The van der Waals surface area contributed by atoms with Crippen molar-refractivity contribution in [2.24, 2.45) is 5.41 Å². The summed E-state index contributed by atoms with van der Waals surface area (Å²) in [7, 11) is -6.31. The van der Waals surface area contributed by atoms with Crippen molar-refractivity contribution in [2.75, 3.05) is 6.61 Å². The average Bonchev–Trinajstić information content (AvgIpc) is 2.91. The predicted octanol–water partition coefficient (Wildman–Crippen LogP) is 3.29. The molecule has 1 fully saturated rings. The summed E-state index contributed by atoms with van der Waals surface area (Å²) in [4.78, 5) is 13.0. The van der Waals surface area contributed by atoms with Crippen molar-refractivity contribution in [3.05, 3.63) is 35.6 Å². The first-order chi connectivity index (χ1) is 14.3. The molecule has 1 saturated heterocycles. The van der Waals surface area contributed by atoms with E-state index in [1.54, 1.807) is 0 Å². The molecule has 0 aromatic heterocycles. The number of allylic oxidation sites excluding steroid dienone is 1. The molecule has 0 saturated carbocycles. The fourth-order valence-electron chi connectivity index (χ4n) is 3.93. The highest BCUT2D eigenvalue weighted by Crippen LogP contribution is 2.61. The van der Waals surface area contributed by atoms with Gasteiger partial charge in [-0.1, -0.05) is 12.1 Å². The van der Waals surface area contributed by atoms with E-state index in [4.69, 9.17) is 4.74 Å². The molecule has 0 radical (unpaired) electrons. The molecular weight excluding hydrogens is 474 g/mol. The maximum absolute atomic E-state index is 13.0. The van der Waals surface area contributed by atoms with Gasteiger partial charge in [0.15, 0.2) is 5.76 Å². The molecular formula is C18H16F6O7S. The maximum Gasteiger partial charge on any atom is 0.573 e. The first kappa shape index (κ1) is 24.3. The molecule has 0 amide bonds. The van der Waals surface area contributed by atoms with Crippen molar-refractivity contribution in [2.45, 2.75) is 43.8 Å². The Morgan fingerprint density at radius 3 is 2.03 bits per heavy atom. The Kier molecular flexibility index (Phi) is 5.20. The van der Waals surface area contributed by atoms with Gasteiger partial charge in [0, 0.05) is 5.57 Å². The van der Waals surface area contributed by atoms with E-state index in [0.717, 1.165) is 31.2 Å². The Morgan fingerprint density at radius 1 is 1.03 bits per heavy atom. The third kappa shape index (κ3) is 3.44. The van der Waals surface area contributed by atoms with Gasteiger partial charge in [-0.15, -0.1) is 13.2 Å². The number of carbonyl (C=O) groups is 1. The Labute approximate surface area is 177 Å². The van der Waals surface area contributed by atoms with Crippen molar-refractivity contribution >= 4 is 21.5 Å². The minimum Gasteiger partial charge on any atom is -0.406 e. The predicted molar refractivity (Wildman–Crippen MR) is 94.2 cm³/mol. The highest BCUT2D eigenvalue weighted by atomic mass is 32.2. The summed E-state index contributed by atoms with van der Waals surface area (Å²) in [6, 6.07) is 3.37. The van der Waals surface area contributed by atoms with Crippen LogP contribution in [0.15, 0.2) is 30.0 Å². The molecule has 1 aliphatic carbocycles. The molecule has 7 nitrogen and oxygen atoms in total. The molecule has 0 spiro atoms. The number of ketones is 1. The zero-order valence-corrected chi connectivity index (χ0v) is 17.4. The van der Waals surface area contributed by atoms with Gasteiger partial charge in [-0.2, -0.15) is 21.6 Å². The van der Waals surface area contributed by atoms with Gasteiger partial charge in [-0.3, -0.25) is 4.79 Å². The summed E-state index contributed by atoms with van der Waals surface area (Å²) >= 11 is 0. The molecule has 14 heteroatoms. The van der Waals surface area contributed by atoms with E-state index in [0.29, 0.717) is 0 Å². The molecule has 1 aliphatic heterocycles. The molecule has 2 atom stereocenters. The maximum atomic E-state index is 13.0. The van der Waals surface area contributed by atoms with E-state index in [2.05, 4.69) is 8.92 Å². The minimum absolute atomic E-state index is 0.273. The van der Waals surface area contributed by atoms with E-state index in [1.165, 1.54) is 13.8 Å². The van der Waals surface area contributed by atoms with Crippen LogP contribution in [-0.4, -0.2) is 49.0 Å². The molecule has 1 aromatic rings. The number of benzene rings is 1. The third-order valence-electron chi connectivity index (χ3n) is 5.54. The second kappa shape index (κ2) is 6.84. The van der Waals surface area contributed by atoms with Crippen molar-refractivity contribution in [1.82, 2.24) is 0 Å². The lowest BCUT2D eigenvalue weighted by Crippen LogP contribution is -2.55. The standard InChI is InChI=1S/C18H16F6O7S/c1-14(2)16(26)11(9-4-6-10(7-5-9)30-17(19,20)21)12(13(25)15(16,3)8-29-14)31-32(27,28)18(22,23)24/h4-7,26H,8H2,1-3H3/t15-,16+/m0/s1. The SMILES string of the molecule is CC1(C)OC[C@@]2(C)C(=O)C(OS(=O)(=O)C(F)(F)F)=C(c3ccc(OC(F)(F)F)cc3)[C@@]12O. The van der Waals surface area contributed by atoms with Gasteiger partial charge in [-0.25, -0.2) is 0 Å². The molecule has 1 N–H and O–H groups in total. The zero-order chi connectivity index (χ0) is 24.5. The summed E-state index contributed by atoms with van der Waals surface area (Å²) in [5.41, 5.74) is -12.8. The number of fused-ring (bicyclic) bond motifs is 1. The highest BCUT2D eigenvalue weighted by molar-refractivity contribution is 7.87. The summed E-state index contributed by atoms with van der Waals surface area (Å²) < 4.78 is 113. The highest BCUT2D eigenvalue weighted by Gasteiger charge is 2.74. The van der Waals surface area contributed by atoms with Crippen molar-refractivity contribution in [3.63, 3.8) is 0 Å². The van der Waals surface area contributed by atoms with Gasteiger partial charge >= 0.3 is 22.0 Å². The topological polar surface area (TPSA) is 99.1 Å². The average molecular weight is 490 g/mol. The fraction of sp³-hybridized carbons (Fsp3) is 0.500. The first-order valence-corrected chi connectivity index (χ1v) is 10.2. The van der Waals surface area contributed by atoms with Crippen LogP contribution >= 0.6 is 0 Å². The van der Waals surface area contributed by atoms with Crippen LogP contribution in [0.5, 0.6) is 5.75 Å². The minimum atomic E-state index is -6.31. The lowest BCUT2D eigenvalue weighted by atomic mass is 9.66. The number of ether oxygens (including phenoxy) is 2. The van der Waals surface area contributed by atoms with Gasteiger partial charge < -0.3 is 18.8 Å². The largest absolute Gasteiger partial charge is 0.573 e. The molecule has 0 unspecified atom stereocenters. The first-order valence-electron chi connectivity index (χ1n) is 8.80. The summed E-state index contributed by atoms with van der Waals surface area (Å²) in [5.74, 6) is -3.27. The monoisotopic (exact) mass is 490 g/mol. The Hall–Kier alpha value is -2.32. The summed E-state index contributed by atoms with van der Waals surface area (Å²) in [6.07, 6.45) is -5.03. The molecule has 1 heterocycles. The van der Waals surface area contributed by atoms with Crippen LogP contribution in [0.3, 0.4) is 0 Å². The van der Waals surface area contributed by atoms with Crippen molar-refractivity contribution in [1.29, 1.82) is 0 Å². The fourth-order valence-corrected chi connectivity index (χ4v) is 4.41. The van der Waals surface area contributed by atoms with Crippen LogP contribution in [-0.2, 0) is 23.8 Å². The summed E-state index contributed by atoms with van der Waals surface area (Å²) in [5, 5.41) is 11.6. The van der Waals surface area contributed by atoms with Gasteiger partial charge in [0.25, 0.3) is 0 Å². The normalized spacial score (nSPS) is 28.1. The van der Waals surface area contributed by atoms with E-state index in [1.807, 2.05) is 0 Å². The summed E-state index contributed by atoms with van der Waals surface area (Å²) in [6.45, 7) is 3.29. The molecule has 2 aliphatic rings. The lowest BCUT2D eigenvalue weighted by molar-refractivity contribution is -0.274. The van der Waals surface area contributed by atoms with Crippen LogP contribution < -0.4 is 4.74 Å². The van der Waals surface area contributed by atoms with E-state index >= 15 is 0 Å². The molecule has 32 heavy (non-hydrogen) atoms. The number of aliphatic hydroxyl groups is 1. The number of alkyl halides is 6. The van der Waals surface area contributed by atoms with Crippen LogP contribution in [0.2, 0.25) is 0 Å². The Balaban J connectivity index is 2.24. The Bertz CT molecular complexity index is 1090. The lowest BCUT2D eigenvalue weighted by Gasteiger charge is -2.40. The van der Waals surface area contributed by atoms with Gasteiger partial charge in [0.05, 0.1) is 17.6 Å². The second-order valence-corrected chi connectivity index (χ2v) is 9.47. The van der Waals surface area contributed by atoms with E-state index in [9.17, 15) is 44.7 Å². The number of hydrogen-bond donors (Lipinski definition) is 1. The van der Waals surface area contributed by atoms with Crippen LogP contribution in [0.25, 0.3) is 5.57 Å². The number of carbonyl (C=O) groups excluding carboxylic acids is 1. The van der Waals surface area contributed by atoms with Crippen molar-refractivity contribution in [3.8, 4) is 5.75 Å². The van der Waals surface area contributed by atoms with Crippen LogP contribution in [0.1, 0.15) is 26.3 Å². The van der Waals surface area contributed by atoms with Crippen molar-refractivity contribution < 1.29 is 58.3 Å². The Morgan fingerprint density at radius 2 is 1.56 bits per heavy atom. The number of halogens is 6. The number of Topliss-reactive ketones (excluding diaryl/α,β-unsaturated/α-hetero) is 1. The molecule has 0 bridgehead atoms. The molecule has 1 aromatic carbocycles. The second-order valence-electron chi connectivity index (χ2n) is 7.93. The quantitative estimate of drug-likeness (QED) is 0.393. The van der Waals surface area contributed by atoms with Gasteiger partial charge in [0.2, 0.25) is 5.78 Å². The van der Waals surface area contributed by atoms with Crippen LogP contribution in [0.4, 0.5) is 26.3 Å². The number of rotatable bonds is 4. The van der Waals surface area contributed by atoms with E-state index in [-0.39, 0.29) is 5.56 Å². The van der Waals surface area contributed by atoms with Gasteiger partial charge in [-0.05, 0) is 38.5 Å². The molecule has 178 valence electrons. The van der Waals surface area contributed by atoms with Gasteiger partial charge in [0.1, 0.15) is 11.4 Å². The smallest absolute Gasteiger partial charge is 0.406 e. The third-order valence-corrected chi connectivity index (χ3v) is 6.49. The van der Waals surface area contributed by atoms with Crippen LogP contribution in [0, 0.1) is 5.41 Å². The van der Waals surface area contributed by atoms with E-state index < -0.39 is 68.1 Å². The molecule has 3 rings (SSSR count).